The summed E-state index contributed by atoms with van der Waals surface area (Å²) in [5.74, 6) is -1.23. The molecule has 0 saturated heterocycles. The third kappa shape index (κ3) is 3.36. The summed E-state index contributed by atoms with van der Waals surface area (Å²) in [4.78, 5) is 14.6. The highest BCUT2D eigenvalue weighted by Gasteiger charge is 2.17. The molecule has 0 aliphatic carbocycles. The van der Waals surface area contributed by atoms with E-state index in [4.69, 9.17) is 5.11 Å². The van der Waals surface area contributed by atoms with E-state index >= 15 is 0 Å². The fourth-order valence-corrected chi connectivity index (χ4v) is 4.18. The van der Waals surface area contributed by atoms with Crippen LogP contribution in [0, 0.1) is 0 Å². The van der Waals surface area contributed by atoms with Crippen molar-refractivity contribution in [2.24, 2.45) is 0 Å². The second-order valence-corrected chi connectivity index (χ2v) is 6.03. The summed E-state index contributed by atoms with van der Waals surface area (Å²) < 4.78 is 0. The Labute approximate surface area is 115 Å². The van der Waals surface area contributed by atoms with Crippen molar-refractivity contribution in [3.63, 3.8) is 0 Å². The van der Waals surface area contributed by atoms with Gasteiger partial charge < -0.3 is 5.11 Å². The van der Waals surface area contributed by atoms with Crippen molar-refractivity contribution in [1.29, 1.82) is 0 Å². The van der Waals surface area contributed by atoms with Crippen LogP contribution < -0.4 is 0 Å². The first kappa shape index (κ1) is 14.8. The lowest BCUT2D eigenvalue weighted by molar-refractivity contribution is -0.138. The molecule has 94 valence electrons. The van der Waals surface area contributed by atoms with Gasteiger partial charge in [-0.2, -0.15) is 0 Å². The Kier molecular flexibility index (Phi) is 5.76. The zero-order valence-corrected chi connectivity index (χ0v) is 12.8. The smallest absolute Gasteiger partial charge is 0.310 e. The number of thioether (sulfide) groups is 3. The molecular weight excluding hydrogens is 272 g/mol. The van der Waals surface area contributed by atoms with Gasteiger partial charge in [-0.25, -0.2) is 0 Å². The lowest BCUT2D eigenvalue weighted by Crippen LogP contribution is -2.07. The molecular formula is C12H16O2S3. The van der Waals surface area contributed by atoms with Crippen LogP contribution in [0.4, 0.5) is 0 Å². The van der Waals surface area contributed by atoms with Crippen LogP contribution in [-0.4, -0.2) is 29.8 Å². The molecule has 1 N–H and O–H groups in total. The molecule has 1 atom stereocenters. The summed E-state index contributed by atoms with van der Waals surface area (Å²) in [6.45, 7) is 1.73. The first-order valence-corrected chi connectivity index (χ1v) is 8.75. The maximum atomic E-state index is 11.0. The topological polar surface area (TPSA) is 37.3 Å². The molecule has 0 heterocycles. The maximum absolute atomic E-state index is 11.0. The first-order chi connectivity index (χ1) is 8.04. The molecule has 1 aromatic rings. The quantitative estimate of drug-likeness (QED) is 0.828. The Morgan fingerprint density at radius 2 is 1.59 bits per heavy atom. The van der Waals surface area contributed by atoms with Crippen molar-refractivity contribution in [2.45, 2.75) is 27.5 Å². The predicted molar refractivity (Wildman–Crippen MR) is 77.8 cm³/mol. The summed E-state index contributed by atoms with van der Waals surface area (Å²) in [5, 5.41) is 9.07. The van der Waals surface area contributed by atoms with Crippen LogP contribution in [0.3, 0.4) is 0 Å². The molecule has 0 bridgehead atoms. The normalized spacial score (nSPS) is 12.5. The predicted octanol–water partition coefficient (Wildman–Crippen LogP) is 4.04. The molecule has 1 aromatic carbocycles. The second-order valence-electron chi connectivity index (χ2n) is 3.52. The van der Waals surface area contributed by atoms with Gasteiger partial charge in [0.1, 0.15) is 0 Å². The summed E-state index contributed by atoms with van der Waals surface area (Å²) in [7, 11) is 0. The van der Waals surface area contributed by atoms with Gasteiger partial charge in [-0.1, -0.05) is 0 Å². The van der Waals surface area contributed by atoms with Crippen LogP contribution in [-0.2, 0) is 4.79 Å². The van der Waals surface area contributed by atoms with Crippen LogP contribution in [0.5, 0.6) is 0 Å². The van der Waals surface area contributed by atoms with Crippen molar-refractivity contribution in [3.8, 4) is 0 Å². The van der Waals surface area contributed by atoms with Gasteiger partial charge in [-0.3, -0.25) is 4.79 Å². The van der Waals surface area contributed by atoms with Gasteiger partial charge in [0.05, 0.1) is 5.92 Å². The average Bonchev–Trinajstić information content (AvgIpc) is 2.35. The highest BCUT2D eigenvalue weighted by Crippen LogP contribution is 2.38. The van der Waals surface area contributed by atoms with Crippen LogP contribution in [0.2, 0.25) is 0 Å². The average molecular weight is 288 g/mol. The van der Waals surface area contributed by atoms with Crippen LogP contribution in [0.1, 0.15) is 18.4 Å². The number of hydrogen-bond acceptors (Lipinski definition) is 4. The lowest BCUT2D eigenvalue weighted by Gasteiger charge is -2.15. The number of carboxylic acid groups (broad SMARTS) is 1. The molecule has 1 rings (SSSR count). The van der Waals surface area contributed by atoms with E-state index in [1.54, 1.807) is 42.2 Å². The van der Waals surface area contributed by atoms with Crippen LogP contribution >= 0.6 is 35.3 Å². The second kappa shape index (κ2) is 6.61. The number of hydrogen-bond donors (Lipinski definition) is 1. The molecule has 0 aliphatic heterocycles. The van der Waals surface area contributed by atoms with Crippen molar-refractivity contribution >= 4 is 41.3 Å². The van der Waals surface area contributed by atoms with Gasteiger partial charge in [0.15, 0.2) is 0 Å². The van der Waals surface area contributed by atoms with Gasteiger partial charge in [0.2, 0.25) is 0 Å². The molecule has 1 unspecified atom stereocenters. The number of aliphatic carboxylic acids is 1. The van der Waals surface area contributed by atoms with E-state index in [0.29, 0.717) is 0 Å². The Bertz CT molecular complexity index is 393. The van der Waals surface area contributed by atoms with E-state index in [0.717, 1.165) is 15.4 Å². The van der Waals surface area contributed by atoms with Crippen molar-refractivity contribution < 1.29 is 9.90 Å². The van der Waals surface area contributed by atoms with Crippen LogP contribution in [0.25, 0.3) is 0 Å². The van der Waals surface area contributed by atoms with Gasteiger partial charge in [-0.05, 0) is 43.4 Å². The molecule has 0 fully saturated rings. The van der Waals surface area contributed by atoms with E-state index in [1.807, 2.05) is 24.6 Å². The number of carbonyl (C=O) groups is 1. The minimum atomic E-state index is -0.777. The lowest BCUT2D eigenvalue weighted by atomic mass is 10.0. The van der Waals surface area contributed by atoms with Crippen molar-refractivity contribution in [3.05, 3.63) is 17.7 Å². The van der Waals surface area contributed by atoms with Gasteiger partial charge in [0, 0.05) is 14.7 Å². The monoisotopic (exact) mass is 288 g/mol. The fraction of sp³-hybridized carbons (Fsp3) is 0.417. The number of benzene rings is 1. The fourth-order valence-electron chi connectivity index (χ4n) is 1.49. The molecule has 0 aliphatic rings. The summed E-state index contributed by atoms with van der Waals surface area (Å²) >= 11 is 5.04. The molecule has 0 radical (unpaired) electrons. The largest absolute Gasteiger partial charge is 0.481 e. The Morgan fingerprint density at radius 1 is 1.12 bits per heavy atom. The minimum absolute atomic E-state index is 0.456. The maximum Gasteiger partial charge on any atom is 0.310 e. The van der Waals surface area contributed by atoms with E-state index in [1.165, 1.54) is 4.90 Å². The zero-order valence-electron chi connectivity index (χ0n) is 10.3. The van der Waals surface area contributed by atoms with E-state index < -0.39 is 11.9 Å². The first-order valence-electron chi connectivity index (χ1n) is 5.07. The Morgan fingerprint density at radius 3 is 1.88 bits per heavy atom. The van der Waals surface area contributed by atoms with E-state index in [-0.39, 0.29) is 0 Å². The summed E-state index contributed by atoms with van der Waals surface area (Å²) in [5.41, 5.74) is 0.879. The highest BCUT2D eigenvalue weighted by molar-refractivity contribution is 8.03. The zero-order chi connectivity index (χ0) is 13.0. The third-order valence-corrected chi connectivity index (χ3v) is 5.19. The van der Waals surface area contributed by atoms with Gasteiger partial charge in [-0.15, -0.1) is 35.3 Å². The third-order valence-electron chi connectivity index (χ3n) is 2.56. The Hall–Kier alpha value is -0.260. The molecule has 5 heteroatoms. The molecule has 17 heavy (non-hydrogen) atoms. The van der Waals surface area contributed by atoms with E-state index in [2.05, 4.69) is 6.26 Å². The summed E-state index contributed by atoms with van der Waals surface area (Å²) in [6, 6.07) is 3.99. The SMILES string of the molecule is CSc1cc(C(C)C(=O)O)cc(SC)c1SC. The molecule has 0 spiro atoms. The Balaban J connectivity index is 3.31. The number of carboxylic acids is 1. The molecule has 0 amide bonds. The molecule has 0 aromatic heterocycles. The van der Waals surface area contributed by atoms with Crippen molar-refractivity contribution in [2.75, 3.05) is 18.8 Å². The standard InChI is InChI=1S/C12H16O2S3/c1-7(12(13)14)8-5-9(15-2)11(17-4)10(6-8)16-3/h5-7H,1-4H3,(H,13,14). The molecule has 0 saturated carbocycles. The molecule has 2 nitrogen and oxygen atoms in total. The highest BCUT2D eigenvalue weighted by atomic mass is 32.2. The van der Waals surface area contributed by atoms with Gasteiger partial charge in [0.25, 0.3) is 0 Å². The number of rotatable bonds is 5. The van der Waals surface area contributed by atoms with Crippen LogP contribution in [0.15, 0.2) is 26.8 Å². The van der Waals surface area contributed by atoms with E-state index in [9.17, 15) is 4.79 Å². The minimum Gasteiger partial charge on any atom is -0.481 e. The summed E-state index contributed by atoms with van der Waals surface area (Å²) in [6.07, 6.45) is 6.10. The van der Waals surface area contributed by atoms with Crippen molar-refractivity contribution in [1.82, 2.24) is 0 Å². The van der Waals surface area contributed by atoms with Gasteiger partial charge >= 0.3 is 5.97 Å².